The van der Waals surface area contributed by atoms with Crippen LogP contribution in [0.2, 0.25) is 5.02 Å². The molecule has 0 spiro atoms. The van der Waals surface area contributed by atoms with Crippen molar-refractivity contribution >= 4 is 33.8 Å². The van der Waals surface area contributed by atoms with Crippen LogP contribution in [0.4, 0.5) is 0 Å². The van der Waals surface area contributed by atoms with Gasteiger partial charge >= 0.3 is 10.1 Å². The maximum Gasteiger partial charge on any atom is 0.339 e. The van der Waals surface area contributed by atoms with Gasteiger partial charge in [-0.1, -0.05) is 41.9 Å². The predicted octanol–water partition coefficient (Wildman–Crippen LogP) is 5.45. The van der Waals surface area contributed by atoms with Gasteiger partial charge < -0.3 is 8.92 Å². The van der Waals surface area contributed by atoms with Crippen molar-refractivity contribution in [1.82, 2.24) is 5.43 Å². The van der Waals surface area contributed by atoms with Gasteiger partial charge in [0.2, 0.25) is 0 Å². The van der Waals surface area contributed by atoms with Gasteiger partial charge in [-0.15, -0.1) is 0 Å². The first-order chi connectivity index (χ1) is 17.4. The molecule has 0 aliphatic carbocycles. The molecular weight excluding hydrogens is 500 g/mol. The molecule has 9 heteroatoms. The van der Waals surface area contributed by atoms with Crippen molar-refractivity contribution in [3.05, 3.63) is 125 Å². The summed E-state index contributed by atoms with van der Waals surface area (Å²) in [6.07, 6.45) is 1.44. The van der Waals surface area contributed by atoms with Crippen LogP contribution in [0.25, 0.3) is 0 Å². The Morgan fingerprint density at radius 3 is 2.14 bits per heavy atom. The first-order valence-electron chi connectivity index (χ1n) is 10.8. The number of nitrogens with zero attached hydrogens (tertiary/aromatic N) is 1. The van der Waals surface area contributed by atoms with E-state index in [0.717, 1.165) is 5.56 Å². The van der Waals surface area contributed by atoms with Gasteiger partial charge in [0.1, 0.15) is 23.0 Å². The second-order valence-electron chi connectivity index (χ2n) is 7.56. The normalized spacial score (nSPS) is 11.2. The van der Waals surface area contributed by atoms with Gasteiger partial charge in [0.15, 0.2) is 0 Å². The highest BCUT2D eigenvalue weighted by Crippen LogP contribution is 2.19. The minimum absolute atomic E-state index is 0.0690. The van der Waals surface area contributed by atoms with E-state index in [1.807, 2.05) is 12.1 Å². The van der Waals surface area contributed by atoms with E-state index >= 15 is 0 Å². The number of benzene rings is 4. The number of rotatable bonds is 9. The Kier molecular flexibility index (Phi) is 7.99. The summed E-state index contributed by atoms with van der Waals surface area (Å²) in [7, 11) is -3.91. The van der Waals surface area contributed by atoms with Crippen LogP contribution in [0.15, 0.2) is 113 Å². The number of hydrogen-bond donors (Lipinski definition) is 1. The first kappa shape index (κ1) is 25.0. The standard InChI is InChI=1S/C27H21ClN2O5S/c28-23-12-6-21(7-13-23)19-34-24-16-10-22(11-17-24)27(31)30-29-18-20-8-14-25(15-9-20)35-36(32,33)26-4-2-1-3-5-26/h1-18H,19H2,(H,30,31)/b29-18-. The summed E-state index contributed by atoms with van der Waals surface area (Å²) >= 11 is 5.88. The minimum Gasteiger partial charge on any atom is -0.489 e. The highest BCUT2D eigenvalue weighted by molar-refractivity contribution is 7.87. The zero-order valence-electron chi connectivity index (χ0n) is 18.9. The third-order valence-electron chi connectivity index (χ3n) is 4.93. The largest absolute Gasteiger partial charge is 0.489 e. The van der Waals surface area contributed by atoms with E-state index < -0.39 is 10.1 Å². The Morgan fingerprint density at radius 1 is 0.833 bits per heavy atom. The van der Waals surface area contributed by atoms with Crippen molar-refractivity contribution < 1.29 is 22.1 Å². The minimum atomic E-state index is -3.91. The molecule has 0 atom stereocenters. The van der Waals surface area contributed by atoms with Crippen LogP contribution in [0.1, 0.15) is 21.5 Å². The Labute approximate surface area is 214 Å². The molecule has 0 fully saturated rings. The van der Waals surface area contributed by atoms with Gasteiger partial charge in [-0.25, -0.2) is 5.43 Å². The summed E-state index contributed by atoms with van der Waals surface area (Å²) < 4.78 is 35.4. The van der Waals surface area contributed by atoms with E-state index in [9.17, 15) is 13.2 Å². The SMILES string of the molecule is O=C(N/N=C\c1ccc(OS(=O)(=O)c2ccccc2)cc1)c1ccc(OCc2ccc(Cl)cc2)cc1. The maximum atomic E-state index is 12.3. The summed E-state index contributed by atoms with van der Waals surface area (Å²) in [5, 5.41) is 4.61. The molecule has 0 radical (unpaired) electrons. The van der Waals surface area contributed by atoms with Gasteiger partial charge in [0.25, 0.3) is 5.91 Å². The van der Waals surface area contributed by atoms with E-state index in [1.54, 1.807) is 66.7 Å². The molecule has 0 bridgehead atoms. The molecular formula is C27H21ClN2O5S. The van der Waals surface area contributed by atoms with E-state index in [4.69, 9.17) is 20.5 Å². The third kappa shape index (κ3) is 6.94. The molecule has 1 N–H and O–H groups in total. The molecule has 0 heterocycles. The zero-order valence-corrected chi connectivity index (χ0v) is 20.4. The summed E-state index contributed by atoms with van der Waals surface area (Å²) in [5.74, 6) is 0.407. The van der Waals surface area contributed by atoms with Crippen molar-refractivity contribution in [2.24, 2.45) is 5.10 Å². The zero-order chi connectivity index (χ0) is 25.4. The number of amides is 1. The lowest BCUT2D eigenvalue weighted by atomic mass is 10.2. The number of halogens is 1. The topological polar surface area (TPSA) is 94.1 Å². The van der Waals surface area contributed by atoms with Crippen LogP contribution >= 0.6 is 11.6 Å². The first-order valence-corrected chi connectivity index (χ1v) is 12.6. The molecule has 0 saturated carbocycles. The Bertz CT molecular complexity index is 1440. The predicted molar refractivity (Wildman–Crippen MR) is 138 cm³/mol. The van der Waals surface area contributed by atoms with Crippen LogP contribution in [0.3, 0.4) is 0 Å². The molecule has 4 aromatic rings. The summed E-state index contributed by atoms with van der Waals surface area (Å²) in [6, 6.07) is 28.2. The van der Waals surface area contributed by atoms with Crippen LogP contribution in [-0.4, -0.2) is 20.5 Å². The fourth-order valence-electron chi connectivity index (χ4n) is 3.05. The Hall–Kier alpha value is -4.14. The monoisotopic (exact) mass is 520 g/mol. The van der Waals surface area contributed by atoms with E-state index in [2.05, 4.69) is 10.5 Å². The molecule has 1 amide bonds. The summed E-state index contributed by atoms with van der Waals surface area (Å²) in [5.41, 5.74) is 4.50. The molecule has 4 aromatic carbocycles. The van der Waals surface area contributed by atoms with Gasteiger partial charge in [0, 0.05) is 10.6 Å². The number of hydrazone groups is 1. The highest BCUT2D eigenvalue weighted by atomic mass is 35.5. The van der Waals surface area contributed by atoms with Crippen LogP contribution < -0.4 is 14.3 Å². The van der Waals surface area contributed by atoms with Crippen molar-refractivity contribution in [1.29, 1.82) is 0 Å². The second kappa shape index (κ2) is 11.5. The van der Waals surface area contributed by atoms with Gasteiger partial charge in [0.05, 0.1) is 6.21 Å². The van der Waals surface area contributed by atoms with E-state index in [-0.39, 0.29) is 16.6 Å². The lowest BCUT2D eigenvalue weighted by Crippen LogP contribution is -2.17. The number of nitrogens with one attached hydrogen (secondary N) is 1. The lowest BCUT2D eigenvalue weighted by molar-refractivity contribution is 0.0955. The van der Waals surface area contributed by atoms with Gasteiger partial charge in [-0.2, -0.15) is 13.5 Å². The average Bonchev–Trinajstić information content (AvgIpc) is 2.90. The number of ether oxygens (including phenoxy) is 1. The van der Waals surface area contributed by atoms with E-state index in [1.165, 1.54) is 30.5 Å². The molecule has 0 saturated heterocycles. The smallest absolute Gasteiger partial charge is 0.339 e. The van der Waals surface area contributed by atoms with E-state index in [0.29, 0.717) is 28.5 Å². The van der Waals surface area contributed by atoms with Gasteiger partial charge in [-0.3, -0.25) is 4.79 Å². The van der Waals surface area contributed by atoms with Crippen molar-refractivity contribution in [2.75, 3.05) is 0 Å². The molecule has 4 rings (SSSR count). The molecule has 0 unspecified atom stereocenters. The molecule has 0 aliphatic heterocycles. The molecule has 36 heavy (non-hydrogen) atoms. The lowest BCUT2D eigenvalue weighted by Gasteiger charge is -2.07. The molecule has 0 aliphatic rings. The molecule has 182 valence electrons. The Balaban J connectivity index is 1.27. The summed E-state index contributed by atoms with van der Waals surface area (Å²) in [6.45, 7) is 0.384. The quantitative estimate of drug-likeness (QED) is 0.180. The second-order valence-corrected chi connectivity index (χ2v) is 9.54. The van der Waals surface area contributed by atoms with Crippen molar-refractivity contribution in [3.63, 3.8) is 0 Å². The van der Waals surface area contributed by atoms with Crippen molar-refractivity contribution in [2.45, 2.75) is 11.5 Å². The average molecular weight is 521 g/mol. The number of carbonyl (C=O) groups excluding carboxylic acids is 1. The molecule has 7 nitrogen and oxygen atoms in total. The van der Waals surface area contributed by atoms with Crippen LogP contribution in [0, 0.1) is 0 Å². The van der Waals surface area contributed by atoms with Crippen molar-refractivity contribution in [3.8, 4) is 11.5 Å². The molecule has 0 aromatic heterocycles. The fraction of sp³-hybridized carbons (Fsp3) is 0.0370. The summed E-state index contributed by atoms with van der Waals surface area (Å²) in [4.78, 5) is 12.4. The number of hydrogen-bond acceptors (Lipinski definition) is 6. The van der Waals surface area contributed by atoms with Crippen LogP contribution in [0.5, 0.6) is 11.5 Å². The Morgan fingerprint density at radius 2 is 1.47 bits per heavy atom. The number of carbonyl (C=O) groups is 1. The fourth-order valence-corrected chi connectivity index (χ4v) is 4.13. The maximum absolute atomic E-state index is 12.3. The highest BCUT2D eigenvalue weighted by Gasteiger charge is 2.15. The van der Waals surface area contributed by atoms with Crippen LogP contribution in [-0.2, 0) is 16.7 Å². The van der Waals surface area contributed by atoms with Gasteiger partial charge in [-0.05, 0) is 83.9 Å². The third-order valence-corrected chi connectivity index (χ3v) is 6.45.